The normalized spacial score (nSPS) is 18.2. The van der Waals surface area contributed by atoms with Gasteiger partial charge >= 0.3 is 6.09 Å². The van der Waals surface area contributed by atoms with E-state index in [4.69, 9.17) is 43.6 Å². The van der Waals surface area contributed by atoms with E-state index in [9.17, 15) is 14.4 Å². The number of ether oxygens (including phenoxy) is 1. The van der Waals surface area contributed by atoms with Gasteiger partial charge in [0.15, 0.2) is 0 Å². The number of halogens is 2. The summed E-state index contributed by atoms with van der Waals surface area (Å²) in [7, 11) is 4.06. The van der Waals surface area contributed by atoms with Crippen LogP contribution in [0.15, 0.2) is 122 Å². The number of nitrogens with zero attached hydrogens (tertiary/aromatic N) is 6. The molecule has 4 aromatic carbocycles. The number of rotatable bonds is 13. The first-order chi connectivity index (χ1) is 36.0. The first kappa shape index (κ1) is 52.5. The van der Waals surface area contributed by atoms with Gasteiger partial charge in [0.1, 0.15) is 17.2 Å². The van der Waals surface area contributed by atoms with Gasteiger partial charge in [-0.1, -0.05) is 83.9 Å². The number of fused-ring (bicyclic) bond motifs is 2. The molecule has 10 rings (SSSR count). The number of nitrogens with one attached hydrogen (secondary N) is 5. The van der Waals surface area contributed by atoms with E-state index < -0.39 is 11.7 Å². The zero-order valence-corrected chi connectivity index (χ0v) is 44.2. The number of nitrogen functional groups attached to an aromatic ring is 1. The van der Waals surface area contributed by atoms with E-state index in [1.807, 2.05) is 132 Å². The third-order valence-corrected chi connectivity index (χ3v) is 13.9. The van der Waals surface area contributed by atoms with Gasteiger partial charge in [-0.15, -0.1) is 0 Å². The molecule has 0 saturated carbocycles. The Bertz CT molecular complexity index is 3300. The van der Waals surface area contributed by atoms with Crippen LogP contribution in [0.1, 0.15) is 44.7 Å². The van der Waals surface area contributed by atoms with Gasteiger partial charge in [-0.05, 0) is 95.2 Å². The number of H-pyrrole nitrogens is 2. The number of amides is 1. The fourth-order valence-electron chi connectivity index (χ4n) is 9.92. The Morgan fingerprint density at radius 1 is 0.653 bits per heavy atom. The van der Waals surface area contributed by atoms with Crippen molar-refractivity contribution in [2.45, 2.75) is 64.1 Å². The van der Waals surface area contributed by atoms with Gasteiger partial charge in [0.2, 0.25) is 11.9 Å². The summed E-state index contributed by atoms with van der Waals surface area (Å²) in [5, 5.41) is 12.7. The highest BCUT2D eigenvalue weighted by molar-refractivity contribution is 6.33. The molecule has 0 aliphatic carbocycles. The maximum atomic E-state index is 13.3. The van der Waals surface area contributed by atoms with Gasteiger partial charge in [-0.2, -0.15) is 0 Å². The third-order valence-electron chi connectivity index (χ3n) is 13.4. The van der Waals surface area contributed by atoms with Crippen molar-refractivity contribution in [3.8, 4) is 22.5 Å². The van der Waals surface area contributed by atoms with Crippen LogP contribution in [0, 0.1) is 11.8 Å². The summed E-state index contributed by atoms with van der Waals surface area (Å²) in [6.07, 6.45) is 8.70. The minimum atomic E-state index is -0.574. The number of likely N-dealkylation sites (N-methyl/N-ethyl adjacent to an activating group) is 2. The lowest BCUT2D eigenvalue weighted by atomic mass is 9.88. The van der Waals surface area contributed by atoms with Gasteiger partial charge < -0.3 is 40.9 Å². The Balaban J connectivity index is 0.000000187. The van der Waals surface area contributed by atoms with Crippen molar-refractivity contribution in [1.29, 1.82) is 0 Å². The molecule has 2 aliphatic rings. The number of aromatic amines is 2. The molecule has 2 aliphatic heterocycles. The van der Waals surface area contributed by atoms with E-state index in [0.29, 0.717) is 70.5 Å². The Morgan fingerprint density at radius 2 is 1.09 bits per heavy atom. The number of piperidine rings is 2. The lowest BCUT2D eigenvalue weighted by Gasteiger charge is -2.35. The quantitative estimate of drug-likeness (QED) is 0.0594. The number of carbonyl (C=O) groups is 3. The highest BCUT2D eigenvalue weighted by Gasteiger charge is 2.32. The number of carbonyl (C=O) groups excluding carboxylic acids is 3. The summed E-state index contributed by atoms with van der Waals surface area (Å²) in [5.41, 5.74) is 13.6. The van der Waals surface area contributed by atoms with E-state index in [2.05, 4.69) is 45.7 Å². The molecule has 0 radical (unpaired) electrons. The van der Waals surface area contributed by atoms with Crippen molar-refractivity contribution in [1.82, 2.24) is 39.7 Å². The van der Waals surface area contributed by atoms with E-state index >= 15 is 0 Å². The molecule has 2 unspecified atom stereocenters. The number of para-hydroxylation sites is 2. The van der Waals surface area contributed by atoms with E-state index in [1.165, 1.54) is 0 Å². The molecular formula is C57H62Cl2N12O4. The molecule has 4 atom stereocenters. The standard InChI is InChI=1S/C31H35ClN6O3.C26H27ClN6O/c1-31(2,3)41-30(40)36-21-11-9-19(10-12-21)13-27(39)20-14-22(18-38(4)17-20)35-29-34-16-25(32)28(37-29)24-15-33-26-8-6-5-7-23(24)26;1-33-14-17(24(34)10-16-6-8-18(28)9-7-16)11-19(15-33)31-26-30-13-22(27)25(32-26)21-12-29-23-5-3-2-4-20(21)23/h5-12,15-16,20,22,33H,13-14,17-18H2,1-4H3,(H,36,40)(H,34,35,37);2-9,12-13,17,19,29H,10-11,14-15,28H2,1H3,(H,30,31,32)/t20-,22?;17-,19?/m11/s1. The molecule has 0 bridgehead atoms. The summed E-state index contributed by atoms with van der Waals surface area (Å²) >= 11 is 13.0. The molecule has 388 valence electrons. The van der Waals surface area contributed by atoms with Crippen LogP contribution in [-0.2, 0) is 27.2 Å². The van der Waals surface area contributed by atoms with Crippen molar-refractivity contribution in [3.63, 3.8) is 0 Å². The fraction of sp³-hybridized carbons (Fsp3) is 0.316. The predicted molar refractivity (Wildman–Crippen MR) is 299 cm³/mol. The number of hydrogen-bond acceptors (Lipinski definition) is 13. The number of Topliss-reactive ketones (excluding diaryl/α,β-unsaturated/α-hetero) is 2. The maximum absolute atomic E-state index is 13.3. The average Bonchev–Trinajstić information content (AvgIpc) is 4.01. The third kappa shape index (κ3) is 13.5. The van der Waals surface area contributed by atoms with Gasteiger partial charge in [0.25, 0.3) is 0 Å². The van der Waals surface area contributed by atoms with E-state index in [1.54, 1.807) is 24.5 Å². The zero-order chi connectivity index (χ0) is 52.8. The van der Waals surface area contributed by atoms with Crippen LogP contribution in [0.5, 0.6) is 0 Å². The average molecular weight is 1050 g/mol. The summed E-state index contributed by atoms with van der Waals surface area (Å²) in [4.78, 5) is 67.6. The monoisotopic (exact) mass is 1050 g/mol. The van der Waals surface area contributed by atoms with Crippen LogP contribution >= 0.6 is 23.2 Å². The minimum Gasteiger partial charge on any atom is -0.444 e. The molecule has 16 nitrogen and oxygen atoms in total. The van der Waals surface area contributed by atoms with E-state index in [-0.39, 0.29) is 35.5 Å². The summed E-state index contributed by atoms with van der Waals surface area (Å²) < 4.78 is 5.29. The fourth-order valence-corrected chi connectivity index (χ4v) is 10.3. The molecule has 75 heavy (non-hydrogen) atoms. The molecule has 4 aromatic heterocycles. The van der Waals surface area contributed by atoms with Crippen LogP contribution < -0.4 is 21.7 Å². The van der Waals surface area contributed by atoms with Crippen LogP contribution in [0.3, 0.4) is 0 Å². The first-order valence-electron chi connectivity index (χ1n) is 25.1. The van der Waals surface area contributed by atoms with Crippen molar-refractivity contribution in [2.24, 2.45) is 11.8 Å². The molecule has 0 spiro atoms. The van der Waals surface area contributed by atoms with Crippen LogP contribution in [0.2, 0.25) is 10.0 Å². The van der Waals surface area contributed by atoms with Crippen molar-refractivity contribution in [2.75, 3.05) is 62.0 Å². The Hall–Kier alpha value is -7.37. The van der Waals surface area contributed by atoms with Gasteiger partial charge in [0, 0.05) is 120 Å². The second kappa shape index (κ2) is 23.0. The van der Waals surface area contributed by atoms with Crippen LogP contribution in [0.4, 0.5) is 28.1 Å². The number of anilines is 4. The first-order valence-corrected chi connectivity index (χ1v) is 25.8. The van der Waals surface area contributed by atoms with Gasteiger partial charge in [-0.25, -0.2) is 24.7 Å². The highest BCUT2D eigenvalue weighted by atomic mass is 35.5. The predicted octanol–water partition coefficient (Wildman–Crippen LogP) is 10.6. The van der Waals surface area contributed by atoms with Crippen LogP contribution in [-0.4, -0.2) is 115 Å². The second-order valence-corrected chi connectivity index (χ2v) is 21.4. The zero-order valence-electron chi connectivity index (χ0n) is 42.7. The Kier molecular flexibility index (Phi) is 16.1. The maximum Gasteiger partial charge on any atom is 0.412 e. The Labute approximate surface area is 446 Å². The van der Waals surface area contributed by atoms with E-state index in [0.717, 1.165) is 70.1 Å². The summed E-state index contributed by atoms with van der Waals surface area (Å²) in [6.45, 7) is 8.45. The smallest absolute Gasteiger partial charge is 0.412 e. The molecule has 8 aromatic rings. The summed E-state index contributed by atoms with van der Waals surface area (Å²) in [6, 6.07) is 30.9. The van der Waals surface area contributed by atoms with Crippen molar-refractivity contribution in [3.05, 3.63) is 143 Å². The minimum absolute atomic E-state index is 0.0000918. The molecular weight excluding hydrogens is 988 g/mol. The lowest BCUT2D eigenvalue weighted by molar-refractivity contribution is -0.124. The SMILES string of the molecule is CN1CC(Nc2ncc(Cl)c(-c3c[nH]c4ccccc34)n2)C[C@@H](C(=O)Cc2ccc(N)cc2)C1.CN1CC(Nc2ncc(Cl)c(-c3c[nH]c4ccccc34)n2)C[C@@H](C(=O)Cc2ccc(NC(=O)OC(C)(C)C)cc2)C1. The number of ketones is 2. The van der Waals surface area contributed by atoms with Gasteiger partial charge in [-0.3, -0.25) is 14.9 Å². The van der Waals surface area contributed by atoms with Gasteiger partial charge in [0.05, 0.1) is 33.8 Å². The van der Waals surface area contributed by atoms with Crippen molar-refractivity contribution < 1.29 is 19.1 Å². The largest absolute Gasteiger partial charge is 0.444 e. The summed E-state index contributed by atoms with van der Waals surface area (Å²) in [5.74, 6) is 1.21. The second-order valence-electron chi connectivity index (χ2n) is 20.6. The molecule has 18 heteroatoms. The topological polar surface area (TPSA) is 212 Å². The highest BCUT2D eigenvalue weighted by Crippen LogP contribution is 2.35. The molecule has 2 fully saturated rings. The number of aromatic nitrogens is 6. The van der Waals surface area contributed by atoms with Crippen LogP contribution in [0.25, 0.3) is 44.3 Å². The number of hydrogen-bond donors (Lipinski definition) is 6. The molecule has 2 saturated heterocycles. The Morgan fingerprint density at radius 3 is 1.55 bits per heavy atom. The number of nitrogens with two attached hydrogens (primary N) is 1. The molecule has 6 heterocycles. The van der Waals surface area contributed by atoms with Crippen molar-refractivity contribution >= 4 is 85.9 Å². The molecule has 7 N–H and O–H groups in total. The number of benzene rings is 4. The molecule has 1 amide bonds. The number of likely N-dealkylation sites (tertiary alicyclic amines) is 2. The lowest BCUT2D eigenvalue weighted by Crippen LogP contribution is -2.47.